The Kier molecular flexibility index (Phi) is 8.22. The number of allylic oxidation sites excluding steroid dienone is 3. The monoisotopic (exact) mass is 806 g/mol. The van der Waals surface area contributed by atoms with Crippen LogP contribution in [-0.4, -0.2) is 27.9 Å². The first-order chi connectivity index (χ1) is 31.5. The van der Waals surface area contributed by atoms with Crippen LogP contribution in [-0.2, 0) is 5.41 Å². The summed E-state index contributed by atoms with van der Waals surface area (Å²) >= 11 is 0. The predicted octanol–water partition coefficient (Wildman–Crippen LogP) is 13.4. The quantitative estimate of drug-likeness (QED) is 0.150. The maximum atomic E-state index is 8.09. The number of rotatable bonds is 7. The molecule has 0 atom stereocenters. The molecule has 0 amide bonds. The van der Waals surface area contributed by atoms with Gasteiger partial charge in [-0.15, -0.1) is 0 Å². The number of nitrogens with zero attached hydrogens (tertiary/aromatic N) is 5. The molecule has 6 aromatic carbocycles. The van der Waals surface area contributed by atoms with E-state index in [1.807, 2.05) is 36.5 Å². The number of aromatic nitrogens is 2. The largest absolute Gasteiger partial charge is 0.457 e. The summed E-state index contributed by atoms with van der Waals surface area (Å²) < 4.78 is 33.3. The molecular weight excluding hydrogens is 757 g/mol. The Bertz CT molecular complexity index is 3270. The lowest BCUT2D eigenvalue weighted by molar-refractivity contribution is 0.483. The van der Waals surface area contributed by atoms with Gasteiger partial charge < -0.3 is 19.3 Å². The Labute approximate surface area is 368 Å². The van der Waals surface area contributed by atoms with Crippen molar-refractivity contribution < 1.29 is 8.85 Å². The Morgan fingerprint density at radius 2 is 1.40 bits per heavy atom. The van der Waals surface area contributed by atoms with Crippen LogP contribution in [0.4, 0.5) is 17.1 Å². The van der Waals surface area contributed by atoms with Crippen molar-refractivity contribution in [3.8, 4) is 17.3 Å². The molecule has 0 fully saturated rings. The lowest BCUT2D eigenvalue weighted by Gasteiger charge is -2.39. The molecule has 11 rings (SSSR count). The van der Waals surface area contributed by atoms with Crippen LogP contribution >= 0.6 is 0 Å². The van der Waals surface area contributed by atoms with Crippen LogP contribution in [0.15, 0.2) is 200 Å². The number of ether oxygens (including phenoxy) is 1. The molecule has 62 heavy (non-hydrogen) atoms. The highest BCUT2D eigenvalue weighted by atomic mass is 16.5. The number of pyridine rings is 1. The van der Waals surface area contributed by atoms with E-state index >= 15 is 0 Å². The molecule has 5 heterocycles. The van der Waals surface area contributed by atoms with E-state index in [9.17, 15) is 0 Å². The van der Waals surface area contributed by atoms with Gasteiger partial charge in [0.1, 0.15) is 24.0 Å². The van der Waals surface area contributed by atoms with Crippen molar-refractivity contribution in [2.75, 3.05) is 16.5 Å². The summed E-state index contributed by atoms with van der Waals surface area (Å²) in [5, 5.41) is 2.29. The standard InChI is InChI=1S/C55H46BN5O/c1-38-23-25-40(26-24-38)53-54(47(39-15-6-5-7-16-39)36-56-30-12-13-32-60(53)56)59-37-58(49-21-10-11-22-50(49)59)42-17-14-18-43(34-42)62-44-27-28-46-45-19-8-9-20-48(45)61(51(46)35-44)52-33-41(29-31-57-52)55(2,3)4/h5-36H,37H2,1-4H3/i1D3. The minimum atomic E-state index is -2.21. The lowest BCUT2D eigenvalue weighted by atomic mass is 9.55. The fraction of sp³-hybridized carbons (Fsp3) is 0.109. The minimum absolute atomic E-state index is 0.0281. The second-order valence-corrected chi connectivity index (χ2v) is 17.1. The van der Waals surface area contributed by atoms with Crippen LogP contribution in [0.25, 0.3) is 38.9 Å². The maximum Gasteiger partial charge on any atom is 0.313 e. The van der Waals surface area contributed by atoms with Crippen molar-refractivity contribution in [3.63, 3.8) is 0 Å². The third kappa shape index (κ3) is 6.49. The van der Waals surface area contributed by atoms with Crippen molar-refractivity contribution in [1.82, 2.24) is 14.4 Å². The van der Waals surface area contributed by atoms with E-state index in [0.717, 1.165) is 84.3 Å². The van der Waals surface area contributed by atoms with Crippen LogP contribution in [0, 0.1) is 6.85 Å². The summed E-state index contributed by atoms with van der Waals surface area (Å²) in [5.74, 6) is 6.85. The summed E-state index contributed by atoms with van der Waals surface area (Å²) in [6, 6.07) is 53.8. The average Bonchev–Trinajstić information content (AvgIpc) is 3.87. The van der Waals surface area contributed by atoms with E-state index in [1.165, 1.54) is 5.56 Å². The topological polar surface area (TPSA) is 36.8 Å². The fourth-order valence-corrected chi connectivity index (χ4v) is 9.15. The van der Waals surface area contributed by atoms with Crippen LogP contribution in [0.5, 0.6) is 11.5 Å². The van der Waals surface area contributed by atoms with Gasteiger partial charge in [0.25, 0.3) is 0 Å². The Hall–Kier alpha value is -7.51. The molecule has 2 aromatic heterocycles. The van der Waals surface area contributed by atoms with E-state index in [0.29, 0.717) is 12.2 Å². The smallest absolute Gasteiger partial charge is 0.313 e. The zero-order valence-corrected chi connectivity index (χ0v) is 34.9. The average molecular weight is 807 g/mol. The number of hydrogen-bond donors (Lipinski definition) is 0. The molecule has 300 valence electrons. The maximum absolute atomic E-state index is 8.09. The highest BCUT2D eigenvalue weighted by Crippen LogP contribution is 2.49. The number of hydrogen-bond acceptors (Lipinski definition) is 5. The highest BCUT2D eigenvalue weighted by molar-refractivity contribution is 6.70. The highest BCUT2D eigenvalue weighted by Gasteiger charge is 2.38. The van der Waals surface area contributed by atoms with Crippen LogP contribution in [0.1, 0.15) is 47.1 Å². The summed E-state index contributed by atoms with van der Waals surface area (Å²) in [6.45, 7) is 4.95. The third-order valence-corrected chi connectivity index (χ3v) is 12.2. The molecule has 7 heteroatoms. The van der Waals surface area contributed by atoms with Gasteiger partial charge in [-0.1, -0.05) is 135 Å². The van der Waals surface area contributed by atoms with Crippen LogP contribution < -0.4 is 14.5 Å². The van der Waals surface area contributed by atoms with Crippen LogP contribution in [0.2, 0.25) is 0 Å². The van der Waals surface area contributed by atoms with E-state index < -0.39 is 6.85 Å². The molecule has 6 nitrogen and oxygen atoms in total. The van der Waals surface area contributed by atoms with E-state index in [-0.39, 0.29) is 12.3 Å². The summed E-state index contributed by atoms with van der Waals surface area (Å²) in [5.41, 5.74) is 11.9. The Balaban J connectivity index is 0.994. The molecule has 3 aliphatic rings. The summed E-state index contributed by atoms with van der Waals surface area (Å²) in [4.78, 5) is 11.9. The number of aryl methyl sites for hydroxylation is 1. The second-order valence-electron chi connectivity index (χ2n) is 17.1. The number of anilines is 3. The molecule has 8 aromatic rings. The van der Waals surface area contributed by atoms with Gasteiger partial charge in [0.15, 0.2) is 0 Å². The fourth-order valence-electron chi connectivity index (χ4n) is 9.15. The van der Waals surface area contributed by atoms with Gasteiger partial charge in [-0.3, -0.25) is 4.57 Å². The predicted molar refractivity (Wildman–Crippen MR) is 258 cm³/mol. The molecule has 0 spiro atoms. The number of fused-ring (bicyclic) bond motifs is 5. The van der Waals surface area contributed by atoms with Crippen molar-refractivity contribution in [2.24, 2.45) is 0 Å². The zero-order valence-electron chi connectivity index (χ0n) is 37.9. The molecule has 0 saturated heterocycles. The summed E-state index contributed by atoms with van der Waals surface area (Å²) in [7, 11) is 0. The number of para-hydroxylation sites is 3. The SMILES string of the molecule is [2H]C([2H])([2H])c1ccc(C2=C(N3CN(c4cccc(Oc5ccc6c7ccccc7n(-c7cc(C(C)(C)C)ccn7)c6c5)c4)c4ccccc43)C(c3ccccc3)=CB3C=CC=CN32)cc1. The molecule has 3 aliphatic heterocycles. The normalized spacial score (nSPS) is 15.7. The van der Waals surface area contributed by atoms with Gasteiger partial charge in [0.2, 0.25) is 0 Å². The molecule has 0 radical (unpaired) electrons. The first-order valence-corrected chi connectivity index (χ1v) is 21.2. The van der Waals surface area contributed by atoms with Gasteiger partial charge in [-0.05, 0) is 101 Å². The molecule has 0 unspecified atom stereocenters. The zero-order chi connectivity index (χ0) is 44.5. The van der Waals surface area contributed by atoms with E-state index in [4.69, 9.17) is 13.8 Å². The van der Waals surface area contributed by atoms with Gasteiger partial charge in [0, 0.05) is 38.9 Å². The first kappa shape index (κ1) is 34.2. The third-order valence-electron chi connectivity index (χ3n) is 12.2. The van der Waals surface area contributed by atoms with Gasteiger partial charge in [-0.25, -0.2) is 4.98 Å². The minimum Gasteiger partial charge on any atom is -0.457 e. The van der Waals surface area contributed by atoms with Crippen molar-refractivity contribution in [2.45, 2.75) is 33.0 Å². The lowest BCUT2D eigenvalue weighted by Crippen LogP contribution is -2.40. The molecule has 0 bridgehead atoms. The Morgan fingerprint density at radius 3 is 2.23 bits per heavy atom. The Morgan fingerprint density at radius 1 is 0.645 bits per heavy atom. The molecule has 0 saturated carbocycles. The van der Waals surface area contributed by atoms with Gasteiger partial charge in [-0.2, -0.15) is 0 Å². The molecule has 0 N–H and O–H groups in total. The summed E-state index contributed by atoms with van der Waals surface area (Å²) in [6.07, 6.45) is 8.17. The number of benzene rings is 6. The molecule has 0 aliphatic carbocycles. The van der Waals surface area contributed by atoms with Crippen LogP contribution in [0.3, 0.4) is 0 Å². The van der Waals surface area contributed by atoms with Gasteiger partial charge >= 0.3 is 6.85 Å². The first-order valence-electron chi connectivity index (χ1n) is 22.7. The second kappa shape index (κ2) is 14.9. The van der Waals surface area contributed by atoms with Crippen molar-refractivity contribution in [1.29, 1.82) is 0 Å². The van der Waals surface area contributed by atoms with E-state index in [2.05, 4.69) is 186 Å². The molecular formula is C55H46BN5O. The van der Waals surface area contributed by atoms with E-state index in [1.54, 1.807) is 12.1 Å². The van der Waals surface area contributed by atoms with Crippen molar-refractivity contribution >= 4 is 57.0 Å². The van der Waals surface area contributed by atoms with Gasteiger partial charge in [0.05, 0.1) is 33.8 Å². The van der Waals surface area contributed by atoms with Crippen molar-refractivity contribution in [3.05, 3.63) is 222 Å².